The van der Waals surface area contributed by atoms with Crippen molar-refractivity contribution < 1.29 is 0 Å². The van der Waals surface area contributed by atoms with Crippen LogP contribution in [0.1, 0.15) is 11.1 Å². The number of aliphatic imine (C=N–C) groups is 1. The summed E-state index contributed by atoms with van der Waals surface area (Å²) in [5.41, 5.74) is 11.7. The Bertz CT molecular complexity index is 2690. The number of fused-ring (bicyclic) bond motifs is 7. The number of nitrogens with zero attached hydrogens (tertiary/aromatic N) is 3. The summed E-state index contributed by atoms with van der Waals surface area (Å²) in [6, 6.07) is 50.9. The van der Waals surface area contributed by atoms with Gasteiger partial charge in [-0.3, -0.25) is 10.3 Å². The smallest absolute Gasteiger partial charge is 0.115 e. The van der Waals surface area contributed by atoms with E-state index >= 15 is 0 Å². The molecular formula is C45H34N4. The van der Waals surface area contributed by atoms with E-state index in [0.29, 0.717) is 6.67 Å². The van der Waals surface area contributed by atoms with E-state index in [0.717, 1.165) is 5.71 Å². The molecule has 10 rings (SSSR count). The van der Waals surface area contributed by atoms with Crippen molar-refractivity contribution in [1.82, 2.24) is 14.5 Å². The van der Waals surface area contributed by atoms with Crippen LogP contribution in [-0.4, -0.2) is 26.4 Å². The van der Waals surface area contributed by atoms with Gasteiger partial charge in [0, 0.05) is 27.2 Å². The maximum atomic E-state index is 5.42. The summed E-state index contributed by atoms with van der Waals surface area (Å²) in [6.07, 6.45) is 8.77. The number of nitrogens with one attached hydrogen (secondary N) is 1. The third kappa shape index (κ3) is 4.38. The fourth-order valence-electron chi connectivity index (χ4n) is 8.03. The Morgan fingerprint density at radius 2 is 1.29 bits per heavy atom. The van der Waals surface area contributed by atoms with E-state index in [1.54, 1.807) is 0 Å². The molecule has 1 saturated heterocycles. The highest BCUT2D eigenvalue weighted by molar-refractivity contribution is 6.14. The highest BCUT2D eigenvalue weighted by atomic mass is 15.2. The van der Waals surface area contributed by atoms with Crippen molar-refractivity contribution in [2.24, 2.45) is 4.99 Å². The topological polar surface area (TPSA) is 44.2 Å². The Balaban J connectivity index is 1.10. The minimum absolute atomic E-state index is 0.253. The normalized spacial score (nSPS) is 18.6. The number of hydrogen-bond donors (Lipinski definition) is 1. The maximum Gasteiger partial charge on any atom is 0.115 e. The average Bonchev–Trinajstić information content (AvgIpc) is 3.70. The van der Waals surface area contributed by atoms with Crippen LogP contribution in [-0.2, 0) is 6.67 Å². The minimum atomic E-state index is -0.253. The number of allylic oxidation sites excluding steroid dienone is 2. The quantitative estimate of drug-likeness (QED) is 0.144. The molecule has 1 fully saturated rings. The molecule has 234 valence electrons. The standard InChI is InChI=1S/C45H34N4/c1-30-12-11-13-33(26-30)44(45-25-10-9-20-43(45)47-45)46-29-48-39-18-7-5-16-35(39)37-27-31(21-23-40(37)48)32-22-24-42-38(28-32)36-17-6-8-19-41(36)49(42)34-14-3-2-4-15-34/h2-28,43,47H,29H2,1H3/b46-44-. The van der Waals surface area contributed by atoms with Crippen LogP contribution in [0.25, 0.3) is 60.4 Å². The van der Waals surface area contributed by atoms with E-state index in [1.807, 2.05) is 0 Å². The van der Waals surface area contributed by atoms with Crippen molar-refractivity contribution in [3.05, 3.63) is 175 Å². The summed E-state index contributed by atoms with van der Waals surface area (Å²) in [5.74, 6) is 0. The Kier molecular flexibility index (Phi) is 6.18. The van der Waals surface area contributed by atoms with Crippen LogP contribution in [0.4, 0.5) is 0 Å². The number of aryl methyl sites for hydroxylation is 1. The van der Waals surface area contributed by atoms with E-state index in [-0.39, 0.29) is 11.6 Å². The fraction of sp³-hybridized carbons (Fsp3) is 0.0889. The van der Waals surface area contributed by atoms with Gasteiger partial charge in [-0.15, -0.1) is 0 Å². The molecule has 4 nitrogen and oxygen atoms in total. The molecule has 2 aromatic heterocycles. The van der Waals surface area contributed by atoms with Gasteiger partial charge in [0.2, 0.25) is 0 Å². The summed E-state index contributed by atoms with van der Waals surface area (Å²) >= 11 is 0. The molecule has 3 heterocycles. The molecule has 1 N–H and O–H groups in total. The molecule has 0 bridgehead atoms. The van der Waals surface area contributed by atoms with Gasteiger partial charge in [-0.05, 0) is 72.1 Å². The first-order chi connectivity index (χ1) is 24.2. The number of rotatable bonds is 6. The minimum Gasteiger partial charge on any atom is -0.320 e. The number of aromatic nitrogens is 2. The van der Waals surface area contributed by atoms with Crippen molar-refractivity contribution in [1.29, 1.82) is 0 Å². The van der Waals surface area contributed by atoms with E-state index < -0.39 is 0 Å². The molecular weight excluding hydrogens is 597 g/mol. The highest BCUT2D eigenvalue weighted by Gasteiger charge is 2.55. The molecule has 0 radical (unpaired) electrons. The Morgan fingerprint density at radius 1 is 0.633 bits per heavy atom. The fourth-order valence-corrected chi connectivity index (χ4v) is 8.03. The first-order valence-corrected chi connectivity index (χ1v) is 17.0. The van der Waals surface area contributed by atoms with E-state index in [9.17, 15) is 0 Å². The molecule has 1 aliphatic carbocycles. The van der Waals surface area contributed by atoms with Crippen LogP contribution in [0.2, 0.25) is 0 Å². The maximum absolute atomic E-state index is 5.42. The summed E-state index contributed by atoms with van der Waals surface area (Å²) in [5, 5.41) is 8.72. The lowest BCUT2D eigenvalue weighted by Gasteiger charge is -2.17. The third-order valence-corrected chi connectivity index (χ3v) is 10.4. The van der Waals surface area contributed by atoms with Crippen LogP contribution >= 0.6 is 0 Å². The van der Waals surface area contributed by atoms with Crippen LogP contribution in [0.5, 0.6) is 0 Å². The van der Waals surface area contributed by atoms with Crippen LogP contribution in [0.3, 0.4) is 0 Å². The largest absolute Gasteiger partial charge is 0.320 e. The van der Waals surface area contributed by atoms with E-state index in [4.69, 9.17) is 4.99 Å². The van der Waals surface area contributed by atoms with Gasteiger partial charge >= 0.3 is 0 Å². The first kappa shape index (κ1) is 28.1. The van der Waals surface area contributed by atoms with Crippen LogP contribution in [0, 0.1) is 6.92 Å². The zero-order valence-corrected chi connectivity index (χ0v) is 27.2. The molecule has 1 aliphatic heterocycles. The predicted octanol–water partition coefficient (Wildman–Crippen LogP) is 10.2. The lowest BCUT2D eigenvalue weighted by atomic mass is 9.89. The van der Waals surface area contributed by atoms with Crippen LogP contribution < -0.4 is 5.32 Å². The summed E-state index contributed by atoms with van der Waals surface area (Å²) in [7, 11) is 0. The van der Waals surface area contributed by atoms with Crippen molar-refractivity contribution >= 4 is 49.3 Å². The molecule has 8 aromatic rings. The zero-order chi connectivity index (χ0) is 32.5. The van der Waals surface area contributed by atoms with Gasteiger partial charge in [0.1, 0.15) is 6.67 Å². The zero-order valence-electron chi connectivity index (χ0n) is 27.2. The van der Waals surface area contributed by atoms with Crippen molar-refractivity contribution in [2.75, 3.05) is 0 Å². The molecule has 0 saturated carbocycles. The van der Waals surface area contributed by atoms with E-state index in [2.05, 4.69) is 185 Å². The number of benzene rings is 6. The average molecular weight is 631 g/mol. The van der Waals surface area contributed by atoms with Crippen LogP contribution in [0.15, 0.2) is 169 Å². The second kappa shape index (κ2) is 10.8. The second-order valence-electron chi connectivity index (χ2n) is 13.3. The van der Waals surface area contributed by atoms with Gasteiger partial charge in [0.15, 0.2) is 0 Å². The third-order valence-electron chi connectivity index (χ3n) is 10.4. The SMILES string of the molecule is Cc1cccc(/C(=N/Cn2c3ccccc3c3cc(-c4ccc5c(c4)c4ccccc4n5-c4ccccc4)ccc32)C23C=CC=CC2N3)c1. The number of para-hydroxylation sites is 3. The molecule has 49 heavy (non-hydrogen) atoms. The van der Waals surface area contributed by atoms with Crippen molar-refractivity contribution in [3.63, 3.8) is 0 Å². The molecule has 2 unspecified atom stereocenters. The van der Waals surface area contributed by atoms with Gasteiger partial charge < -0.3 is 9.13 Å². The lowest BCUT2D eigenvalue weighted by Crippen LogP contribution is -2.29. The summed E-state index contributed by atoms with van der Waals surface area (Å²) in [6.45, 7) is 2.68. The monoisotopic (exact) mass is 630 g/mol. The number of hydrogen-bond acceptors (Lipinski definition) is 2. The Labute approximate surface area is 285 Å². The predicted molar refractivity (Wildman–Crippen MR) is 205 cm³/mol. The summed E-state index contributed by atoms with van der Waals surface area (Å²) < 4.78 is 4.74. The lowest BCUT2D eigenvalue weighted by molar-refractivity contribution is 0.783. The highest BCUT2D eigenvalue weighted by Crippen LogP contribution is 2.39. The van der Waals surface area contributed by atoms with Gasteiger partial charge in [0.25, 0.3) is 0 Å². The molecule has 2 atom stereocenters. The molecule has 0 spiro atoms. The van der Waals surface area contributed by atoms with Crippen molar-refractivity contribution in [2.45, 2.75) is 25.2 Å². The molecule has 0 amide bonds. The van der Waals surface area contributed by atoms with Gasteiger partial charge in [-0.25, -0.2) is 0 Å². The summed E-state index contributed by atoms with van der Waals surface area (Å²) in [4.78, 5) is 5.42. The molecule has 4 heteroatoms. The first-order valence-electron chi connectivity index (χ1n) is 17.0. The molecule has 2 aliphatic rings. The Morgan fingerprint density at radius 3 is 2.06 bits per heavy atom. The van der Waals surface area contributed by atoms with Gasteiger partial charge in [-0.2, -0.15) is 0 Å². The second-order valence-corrected chi connectivity index (χ2v) is 13.3. The van der Waals surface area contributed by atoms with Crippen molar-refractivity contribution in [3.8, 4) is 16.8 Å². The Hall–Kier alpha value is -5.97. The van der Waals surface area contributed by atoms with E-state index in [1.165, 1.54) is 71.6 Å². The van der Waals surface area contributed by atoms with Gasteiger partial charge in [-0.1, -0.05) is 121 Å². The molecule has 6 aromatic carbocycles. The van der Waals surface area contributed by atoms with Gasteiger partial charge in [0.05, 0.1) is 39.4 Å².